The molecule has 1 aromatic rings. The van der Waals surface area contributed by atoms with Crippen molar-refractivity contribution in [1.82, 2.24) is 0 Å². The van der Waals surface area contributed by atoms with Crippen LogP contribution in [0.15, 0.2) is 18.2 Å². The van der Waals surface area contributed by atoms with Crippen molar-refractivity contribution >= 4 is 5.97 Å². The highest BCUT2D eigenvalue weighted by Crippen LogP contribution is 2.35. The van der Waals surface area contributed by atoms with E-state index in [4.69, 9.17) is 9.47 Å². The number of hydrogen-bond donors (Lipinski definition) is 0. The Morgan fingerprint density at radius 1 is 1.00 bits per heavy atom. The van der Waals surface area contributed by atoms with Crippen LogP contribution in [-0.4, -0.2) is 19.2 Å². The van der Waals surface area contributed by atoms with Crippen LogP contribution in [0.4, 0.5) is 13.2 Å². The molecule has 0 heterocycles. The van der Waals surface area contributed by atoms with Gasteiger partial charge in [0.15, 0.2) is 0 Å². The maximum Gasteiger partial charge on any atom is 0.417 e. The lowest BCUT2D eigenvalue weighted by atomic mass is 10.0. The molecule has 0 unspecified atom stereocenters. The summed E-state index contributed by atoms with van der Waals surface area (Å²) in [6.07, 6.45) is 0.593. The number of ether oxygens (including phenoxy) is 2. The van der Waals surface area contributed by atoms with Crippen LogP contribution in [0.1, 0.15) is 73.9 Å². The van der Waals surface area contributed by atoms with Gasteiger partial charge in [0.1, 0.15) is 0 Å². The molecule has 1 aromatic carbocycles. The van der Waals surface area contributed by atoms with E-state index in [1.165, 1.54) is 12.1 Å². The van der Waals surface area contributed by atoms with Gasteiger partial charge < -0.3 is 9.47 Å². The topological polar surface area (TPSA) is 35.5 Å². The van der Waals surface area contributed by atoms with Crippen LogP contribution < -0.4 is 0 Å². The number of unbranched alkanes of at least 4 members (excludes halogenated alkanes) is 4. The normalized spacial score (nSPS) is 11.6. The van der Waals surface area contributed by atoms with Crippen molar-refractivity contribution in [2.75, 3.05) is 13.2 Å². The van der Waals surface area contributed by atoms with Crippen LogP contribution in [0, 0.1) is 0 Å². The second kappa shape index (κ2) is 11.1. The molecule has 0 atom stereocenters. The number of hydrogen-bond acceptors (Lipinski definition) is 3. The molecule has 0 spiro atoms. The summed E-state index contributed by atoms with van der Waals surface area (Å²) in [4.78, 5) is 12.1. The van der Waals surface area contributed by atoms with Crippen LogP contribution >= 0.6 is 0 Å². The van der Waals surface area contributed by atoms with E-state index in [1.807, 2.05) is 13.8 Å². The van der Waals surface area contributed by atoms with E-state index < -0.39 is 23.3 Å². The van der Waals surface area contributed by atoms with Crippen LogP contribution in [0.3, 0.4) is 0 Å². The van der Waals surface area contributed by atoms with Crippen molar-refractivity contribution in [3.8, 4) is 0 Å². The Balaban J connectivity index is 2.86. The molecule has 3 nitrogen and oxygen atoms in total. The largest absolute Gasteiger partial charge is 0.462 e. The van der Waals surface area contributed by atoms with Gasteiger partial charge in [0.2, 0.25) is 0 Å². The van der Waals surface area contributed by atoms with Crippen molar-refractivity contribution in [3.05, 3.63) is 34.9 Å². The standard InChI is InChI=1S/C19H27F3O3/c1-3-5-7-12-24-14-15-10-9-11-16(17(15)19(20,21)22)18(23)25-13-8-6-4-2/h9-11H,3-8,12-14H2,1-2H3. The molecule has 0 saturated carbocycles. The zero-order valence-electron chi connectivity index (χ0n) is 15.0. The molecular formula is C19H27F3O3. The summed E-state index contributed by atoms with van der Waals surface area (Å²) in [5, 5.41) is 0. The van der Waals surface area contributed by atoms with Gasteiger partial charge in [-0.15, -0.1) is 0 Å². The van der Waals surface area contributed by atoms with E-state index in [2.05, 4.69) is 0 Å². The minimum absolute atomic E-state index is 0.0352. The monoisotopic (exact) mass is 360 g/mol. The number of carbonyl (C=O) groups is 1. The summed E-state index contributed by atoms with van der Waals surface area (Å²) in [5.41, 5.74) is -1.43. The maximum atomic E-state index is 13.5. The van der Waals surface area contributed by atoms with Gasteiger partial charge in [-0.05, 0) is 24.5 Å². The minimum Gasteiger partial charge on any atom is -0.462 e. The zero-order valence-corrected chi connectivity index (χ0v) is 15.0. The molecule has 0 aliphatic heterocycles. The molecular weight excluding hydrogens is 333 g/mol. The third kappa shape index (κ3) is 7.46. The Hall–Kier alpha value is -1.56. The predicted molar refractivity (Wildman–Crippen MR) is 90.4 cm³/mol. The van der Waals surface area contributed by atoms with E-state index in [9.17, 15) is 18.0 Å². The van der Waals surface area contributed by atoms with E-state index >= 15 is 0 Å². The van der Waals surface area contributed by atoms with Gasteiger partial charge in [-0.1, -0.05) is 51.7 Å². The number of halogens is 3. The quantitative estimate of drug-likeness (QED) is 0.372. The Morgan fingerprint density at radius 2 is 1.64 bits per heavy atom. The average Bonchev–Trinajstić information content (AvgIpc) is 2.57. The first-order chi connectivity index (χ1) is 11.9. The molecule has 0 radical (unpaired) electrons. The summed E-state index contributed by atoms with van der Waals surface area (Å²) in [7, 11) is 0. The highest BCUT2D eigenvalue weighted by Gasteiger charge is 2.38. The van der Waals surface area contributed by atoms with E-state index in [0.717, 1.165) is 38.2 Å². The average molecular weight is 360 g/mol. The van der Waals surface area contributed by atoms with Gasteiger partial charge in [0.05, 0.1) is 24.3 Å². The second-order valence-corrected chi connectivity index (χ2v) is 5.94. The molecule has 0 saturated heterocycles. The molecule has 1 rings (SSSR count). The second-order valence-electron chi connectivity index (χ2n) is 5.94. The highest BCUT2D eigenvalue weighted by molar-refractivity contribution is 5.91. The first-order valence-electron chi connectivity index (χ1n) is 8.85. The molecule has 142 valence electrons. The third-order valence-corrected chi connectivity index (χ3v) is 3.78. The Labute approximate surface area is 147 Å². The molecule has 0 fully saturated rings. The lowest BCUT2D eigenvalue weighted by Gasteiger charge is -2.17. The molecule has 0 amide bonds. The smallest absolute Gasteiger partial charge is 0.417 e. The molecule has 0 bridgehead atoms. The number of alkyl halides is 3. The van der Waals surface area contributed by atoms with Crippen LogP contribution in [0.25, 0.3) is 0 Å². The molecule has 0 aliphatic rings. The maximum absolute atomic E-state index is 13.5. The van der Waals surface area contributed by atoms with Gasteiger partial charge in [-0.25, -0.2) is 4.79 Å². The van der Waals surface area contributed by atoms with E-state index in [-0.39, 0.29) is 18.8 Å². The first-order valence-corrected chi connectivity index (χ1v) is 8.85. The molecule has 0 N–H and O–H groups in total. The van der Waals surface area contributed by atoms with Crippen LogP contribution in [0.5, 0.6) is 0 Å². The van der Waals surface area contributed by atoms with Crippen molar-refractivity contribution in [2.45, 2.75) is 65.2 Å². The van der Waals surface area contributed by atoms with Crippen molar-refractivity contribution < 1.29 is 27.4 Å². The Kier molecular flexibility index (Phi) is 9.57. The number of carbonyl (C=O) groups excluding carboxylic acids is 1. The fourth-order valence-electron chi connectivity index (χ4n) is 2.46. The lowest BCUT2D eigenvalue weighted by molar-refractivity contribution is -0.139. The third-order valence-electron chi connectivity index (χ3n) is 3.78. The van der Waals surface area contributed by atoms with Gasteiger partial charge in [-0.2, -0.15) is 13.2 Å². The van der Waals surface area contributed by atoms with Crippen LogP contribution in [-0.2, 0) is 22.3 Å². The minimum atomic E-state index is -4.64. The van der Waals surface area contributed by atoms with Gasteiger partial charge >= 0.3 is 12.1 Å². The fourth-order valence-corrected chi connectivity index (χ4v) is 2.46. The summed E-state index contributed by atoms with van der Waals surface area (Å²) >= 11 is 0. The first kappa shape index (κ1) is 21.5. The number of rotatable bonds is 11. The van der Waals surface area contributed by atoms with Gasteiger partial charge in [0.25, 0.3) is 0 Å². The van der Waals surface area contributed by atoms with Crippen LogP contribution in [0.2, 0.25) is 0 Å². The van der Waals surface area contributed by atoms with Gasteiger partial charge in [-0.3, -0.25) is 0 Å². The summed E-state index contributed by atoms with van der Waals surface area (Å²) < 4.78 is 50.8. The molecule has 6 heteroatoms. The lowest BCUT2D eigenvalue weighted by Crippen LogP contribution is -2.18. The van der Waals surface area contributed by atoms with Gasteiger partial charge in [0, 0.05) is 6.61 Å². The molecule has 0 aromatic heterocycles. The molecule has 0 aliphatic carbocycles. The summed E-state index contributed by atoms with van der Waals surface area (Å²) in [5.74, 6) is -0.934. The number of benzene rings is 1. The van der Waals surface area contributed by atoms with Crippen molar-refractivity contribution in [3.63, 3.8) is 0 Å². The number of esters is 1. The van der Waals surface area contributed by atoms with E-state index in [1.54, 1.807) is 0 Å². The van der Waals surface area contributed by atoms with Crippen molar-refractivity contribution in [2.24, 2.45) is 0 Å². The van der Waals surface area contributed by atoms with E-state index in [0.29, 0.717) is 13.0 Å². The Bertz CT molecular complexity index is 527. The Morgan fingerprint density at radius 3 is 2.24 bits per heavy atom. The summed E-state index contributed by atoms with van der Waals surface area (Å²) in [6.45, 7) is 4.39. The zero-order chi connectivity index (χ0) is 18.7. The predicted octanol–water partition coefficient (Wildman–Crippen LogP) is 5.76. The summed E-state index contributed by atoms with van der Waals surface area (Å²) in [6, 6.07) is 3.94. The van der Waals surface area contributed by atoms with Crippen molar-refractivity contribution in [1.29, 1.82) is 0 Å². The molecule has 25 heavy (non-hydrogen) atoms. The SMILES string of the molecule is CCCCCOCc1cccc(C(=O)OCCCCC)c1C(F)(F)F. The highest BCUT2D eigenvalue weighted by atomic mass is 19.4. The fraction of sp³-hybridized carbons (Fsp3) is 0.632.